The van der Waals surface area contributed by atoms with Crippen molar-refractivity contribution in [1.29, 1.82) is 0 Å². The van der Waals surface area contributed by atoms with Crippen molar-refractivity contribution in [3.05, 3.63) is 52.0 Å². The van der Waals surface area contributed by atoms with Gasteiger partial charge in [-0.1, -0.05) is 23.2 Å². The second-order valence-electron chi connectivity index (χ2n) is 6.17. The first-order chi connectivity index (χ1) is 12.4. The van der Waals surface area contributed by atoms with E-state index in [1.807, 2.05) is 6.92 Å². The van der Waals surface area contributed by atoms with Crippen LogP contribution >= 0.6 is 23.2 Å². The van der Waals surface area contributed by atoms with Crippen LogP contribution in [0.2, 0.25) is 10.0 Å². The molecule has 1 unspecified atom stereocenters. The minimum absolute atomic E-state index is 0.0910. The summed E-state index contributed by atoms with van der Waals surface area (Å²) in [7, 11) is 1.51. The van der Waals surface area contributed by atoms with Crippen LogP contribution in [0.1, 0.15) is 12.0 Å². The van der Waals surface area contributed by atoms with Gasteiger partial charge in [-0.15, -0.1) is 0 Å². The van der Waals surface area contributed by atoms with Crippen LogP contribution in [-0.2, 0) is 9.59 Å². The first-order valence-electron chi connectivity index (χ1n) is 8.10. The molecular formula is C19H18Cl2N2O3. The number of hydrogen-bond acceptors (Lipinski definition) is 3. The van der Waals surface area contributed by atoms with E-state index in [9.17, 15) is 9.59 Å². The van der Waals surface area contributed by atoms with Gasteiger partial charge in [0.05, 0.1) is 18.7 Å². The minimum atomic E-state index is -0.445. The summed E-state index contributed by atoms with van der Waals surface area (Å²) in [5, 5.41) is 4.01. The quantitative estimate of drug-likeness (QED) is 0.843. The molecule has 0 spiro atoms. The second kappa shape index (κ2) is 7.56. The molecule has 2 aromatic rings. The summed E-state index contributed by atoms with van der Waals surface area (Å²) in [4.78, 5) is 26.6. The summed E-state index contributed by atoms with van der Waals surface area (Å²) in [6.45, 7) is 2.17. The van der Waals surface area contributed by atoms with Gasteiger partial charge in [-0.2, -0.15) is 0 Å². The van der Waals surface area contributed by atoms with Crippen molar-refractivity contribution >= 4 is 46.4 Å². The largest absolute Gasteiger partial charge is 0.495 e. The van der Waals surface area contributed by atoms with E-state index in [4.69, 9.17) is 27.9 Å². The Morgan fingerprint density at radius 2 is 1.92 bits per heavy atom. The summed E-state index contributed by atoms with van der Waals surface area (Å²) < 4.78 is 5.28. The number of hydrogen-bond donors (Lipinski definition) is 1. The van der Waals surface area contributed by atoms with Gasteiger partial charge in [-0.25, -0.2) is 0 Å². The molecule has 1 N–H and O–H groups in total. The van der Waals surface area contributed by atoms with E-state index < -0.39 is 5.92 Å². The number of amides is 2. The molecule has 0 aromatic heterocycles. The van der Waals surface area contributed by atoms with Crippen LogP contribution in [0.25, 0.3) is 0 Å². The van der Waals surface area contributed by atoms with E-state index in [0.29, 0.717) is 28.0 Å². The van der Waals surface area contributed by atoms with Gasteiger partial charge in [0.1, 0.15) is 5.75 Å². The van der Waals surface area contributed by atoms with Crippen molar-refractivity contribution in [2.75, 3.05) is 23.9 Å². The number of carbonyl (C=O) groups is 2. The molecule has 0 radical (unpaired) electrons. The third-order valence-corrected chi connectivity index (χ3v) is 5.03. The first-order valence-corrected chi connectivity index (χ1v) is 8.85. The normalized spacial score (nSPS) is 16.7. The number of benzene rings is 2. The topological polar surface area (TPSA) is 58.6 Å². The lowest BCUT2D eigenvalue weighted by atomic mass is 10.1. The molecular weight excluding hydrogens is 375 g/mol. The molecule has 2 amide bonds. The summed E-state index contributed by atoms with van der Waals surface area (Å²) >= 11 is 12.0. The zero-order valence-electron chi connectivity index (χ0n) is 14.4. The van der Waals surface area contributed by atoms with E-state index in [1.165, 1.54) is 7.11 Å². The van der Waals surface area contributed by atoms with Crippen molar-refractivity contribution < 1.29 is 14.3 Å². The van der Waals surface area contributed by atoms with Crippen molar-refractivity contribution in [3.63, 3.8) is 0 Å². The Morgan fingerprint density at radius 3 is 2.58 bits per heavy atom. The molecule has 1 atom stereocenters. The van der Waals surface area contributed by atoms with Crippen LogP contribution in [-0.4, -0.2) is 25.5 Å². The molecule has 0 bridgehead atoms. The third-order valence-electron chi connectivity index (χ3n) is 4.37. The molecule has 0 aliphatic carbocycles. The summed E-state index contributed by atoms with van der Waals surface area (Å²) in [5.41, 5.74) is 2.10. The number of methoxy groups -OCH3 is 1. The molecule has 136 valence electrons. The number of anilines is 2. The Bertz CT molecular complexity index is 853. The summed E-state index contributed by atoms with van der Waals surface area (Å²) in [5.74, 6) is -0.284. The Balaban J connectivity index is 1.74. The number of nitrogens with one attached hydrogen (secondary N) is 1. The number of carbonyl (C=O) groups excluding carboxylic acids is 2. The highest BCUT2D eigenvalue weighted by Crippen LogP contribution is 2.32. The number of halogens is 2. The van der Waals surface area contributed by atoms with Gasteiger partial charge in [-0.05, 0) is 42.8 Å². The van der Waals surface area contributed by atoms with E-state index in [-0.39, 0.29) is 18.2 Å². The van der Waals surface area contributed by atoms with Gasteiger partial charge in [0.2, 0.25) is 11.8 Å². The first kappa shape index (κ1) is 18.5. The average molecular weight is 393 g/mol. The third kappa shape index (κ3) is 3.79. The van der Waals surface area contributed by atoms with Gasteiger partial charge >= 0.3 is 0 Å². The van der Waals surface area contributed by atoms with Crippen molar-refractivity contribution in [2.24, 2.45) is 5.92 Å². The highest BCUT2D eigenvalue weighted by atomic mass is 35.5. The van der Waals surface area contributed by atoms with E-state index in [2.05, 4.69) is 5.32 Å². The molecule has 1 fully saturated rings. The molecule has 1 saturated heterocycles. The molecule has 5 nitrogen and oxygen atoms in total. The van der Waals surface area contributed by atoms with Crippen LogP contribution in [0, 0.1) is 12.8 Å². The van der Waals surface area contributed by atoms with Crippen LogP contribution in [0.15, 0.2) is 36.4 Å². The highest BCUT2D eigenvalue weighted by Gasteiger charge is 2.35. The second-order valence-corrected chi connectivity index (χ2v) is 7.02. The maximum atomic E-state index is 12.7. The SMILES string of the molecule is COc1cc(Cl)c(C)cc1NC(=O)C1CC(=O)N(c2ccc(Cl)cc2)C1. The van der Waals surface area contributed by atoms with Crippen molar-refractivity contribution in [3.8, 4) is 5.75 Å². The Morgan fingerprint density at radius 1 is 1.23 bits per heavy atom. The monoisotopic (exact) mass is 392 g/mol. The fourth-order valence-electron chi connectivity index (χ4n) is 2.92. The van der Waals surface area contributed by atoms with Crippen LogP contribution < -0.4 is 15.0 Å². The lowest BCUT2D eigenvalue weighted by Gasteiger charge is -2.17. The molecule has 26 heavy (non-hydrogen) atoms. The molecule has 3 rings (SSSR count). The van der Waals surface area contributed by atoms with Crippen molar-refractivity contribution in [2.45, 2.75) is 13.3 Å². The average Bonchev–Trinajstić information content (AvgIpc) is 3.00. The number of nitrogens with zero attached hydrogens (tertiary/aromatic N) is 1. The molecule has 7 heteroatoms. The maximum absolute atomic E-state index is 12.7. The number of rotatable bonds is 4. The molecule has 1 aliphatic heterocycles. The summed E-state index contributed by atoms with van der Waals surface area (Å²) in [6.07, 6.45) is 0.156. The standard InChI is InChI=1S/C19H18Cl2N2O3/c1-11-7-16(17(26-2)9-15(11)21)22-19(25)12-8-18(24)23(10-12)14-5-3-13(20)4-6-14/h3-7,9,12H,8,10H2,1-2H3,(H,22,25). The zero-order valence-corrected chi connectivity index (χ0v) is 15.9. The highest BCUT2D eigenvalue weighted by molar-refractivity contribution is 6.31. The van der Waals surface area contributed by atoms with E-state index >= 15 is 0 Å². The minimum Gasteiger partial charge on any atom is -0.495 e. The Hall–Kier alpha value is -2.24. The van der Waals surface area contributed by atoms with E-state index in [1.54, 1.807) is 41.3 Å². The molecule has 1 aliphatic rings. The number of ether oxygens (including phenoxy) is 1. The maximum Gasteiger partial charge on any atom is 0.229 e. The smallest absolute Gasteiger partial charge is 0.229 e. The van der Waals surface area contributed by atoms with Gasteiger partial charge in [0.25, 0.3) is 0 Å². The predicted molar refractivity (Wildman–Crippen MR) is 103 cm³/mol. The zero-order chi connectivity index (χ0) is 18.8. The van der Waals surface area contributed by atoms with Crippen molar-refractivity contribution in [1.82, 2.24) is 0 Å². The Labute approximate surface area is 161 Å². The lowest BCUT2D eigenvalue weighted by molar-refractivity contribution is -0.122. The fraction of sp³-hybridized carbons (Fsp3) is 0.263. The fourth-order valence-corrected chi connectivity index (χ4v) is 3.20. The Kier molecular flexibility index (Phi) is 5.39. The lowest BCUT2D eigenvalue weighted by Crippen LogP contribution is -2.28. The van der Waals surface area contributed by atoms with Crippen LogP contribution in [0.5, 0.6) is 5.75 Å². The molecule has 2 aromatic carbocycles. The van der Waals surface area contributed by atoms with Gasteiger partial charge in [-0.3, -0.25) is 9.59 Å². The molecule has 1 heterocycles. The van der Waals surface area contributed by atoms with Gasteiger partial charge in [0, 0.05) is 34.8 Å². The van der Waals surface area contributed by atoms with E-state index in [0.717, 1.165) is 11.3 Å². The van der Waals surface area contributed by atoms with Crippen LogP contribution in [0.3, 0.4) is 0 Å². The van der Waals surface area contributed by atoms with Crippen LogP contribution in [0.4, 0.5) is 11.4 Å². The number of aryl methyl sites for hydroxylation is 1. The summed E-state index contributed by atoms with van der Waals surface area (Å²) in [6, 6.07) is 10.4. The van der Waals surface area contributed by atoms with Gasteiger partial charge in [0.15, 0.2) is 0 Å². The van der Waals surface area contributed by atoms with Gasteiger partial charge < -0.3 is 15.0 Å². The molecule has 0 saturated carbocycles. The predicted octanol–water partition coefficient (Wildman–Crippen LogP) is 4.30.